The Morgan fingerprint density at radius 3 is 2.50 bits per heavy atom. The molecule has 2 aromatic carbocycles. The van der Waals surface area contributed by atoms with Gasteiger partial charge in [-0.3, -0.25) is 9.69 Å². The second-order valence-electron chi connectivity index (χ2n) is 7.10. The van der Waals surface area contributed by atoms with Crippen LogP contribution >= 0.6 is 11.6 Å². The number of nitrogens with zero attached hydrogens (tertiary/aromatic N) is 4. The van der Waals surface area contributed by atoms with E-state index in [0.29, 0.717) is 54.8 Å². The van der Waals surface area contributed by atoms with E-state index < -0.39 is 0 Å². The molecule has 156 valence electrons. The first-order chi connectivity index (χ1) is 14.6. The molecular weight excluding hydrogens is 407 g/mol. The Balaban J connectivity index is 1.33. The highest BCUT2D eigenvalue weighted by atomic mass is 35.5. The molecule has 8 heteroatoms. The number of halogens is 2. The molecule has 1 aliphatic heterocycles. The zero-order valence-corrected chi connectivity index (χ0v) is 17.1. The van der Waals surface area contributed by atoms with Gasteiger partial charge in [-0.15, -0.1) is 0 Å². The molecule has 1 aromatic heterocycles. The molecular formula is C22H22ClFN4O2. The maximum Gasteiger partial charge on any atom is 0.272 e. The van der Waals surface area contributed by atoms with Crippen LogP contribution in [-0.4, -0.2) is 51.7 Å². The number of hydrogen-bond acceptors (Lipinski definition) is 4. The fraction of sp³-hybridized carbons (Fsp3) is 0.273. The number of carbonyl (C=O) groups excluding carboxylic acids is 1. The van der Waals surface area contributed by atoms with E-state index in [-0.39, 0.29) is 18.5 Å². The van der Waals surface area contributed by atoms with E-state index in [1.54, 1.807) is 58.2 Å². The molecule has 0 spiro atoms. The maximum absolute atomic E-state index is 13.9. The molecule has 0 unspecified atom stereocenters. The Hall–Kier alpha value is -2.90. The molecule has 0 saturated carbocycles. The van der Waals surface area contributed by atoms with Crippen LogP contribution < -0.4 is 4.74 Å². The van der Waals surface area contributed by atoms with Crippen molar-refractivity contribution in [3.63, 3.8) is 0 Å². The van der Waals surface area contributed by atoms with Gasteiger partial charge in [-0.25, -0.2) is 9.07 Å². The lowest BCUT2D eigenvalue weighted by Crippen LogP contribution is -2.48. The van der Waals surface area contributed by atoms with E-state index in [4.69, 9.17) is 16.3 Å². The van der Waals surface area contributed by atoms with Crippen molar-refractivity contribution in [2.24, 2.45) is 0 Å². The molecule has 1 amide bonds. The van der Waals surface area contributed by atoms with E-state index in [0.717, 1.165) is 0 Å². The third kappa shape index (κ3) is 4.80. The van der Waals surface area contributed by atoms with Crippen LogP contribution in [0.15, 0.2) is 60.8 Å². The first-order valence-electron chi connectivity index (χ1n) is 9.75. The first kappa shape index (κ1) is 20.4. The lowest BCUT2D eigenvalue weighted by molar-refractivity contribution is 0.0606. The Kier molecular flexibility index (Phi) is 6.30. The van der Waals surface area contributed by atoms with Gasteiger partial charge in [0.05, 0.1) is 0 Å². The van der Waals surface area contributed by atoms with Crippen molar-refractivity contribution in [2.45, 2.75) is 13.3 Å². The second kappa shape index (κ2) is 9.28. The van der Waals surface area contributed by atoms with Crippen LogP contribution in [0.25, 0.3) is 0 Å². The smallest absolute Gasteiger partial charge is 0.272 e. The quantitative estimate of drug-likeness (QED) is 0.601. The predicted octanol–water partition coefficient (Wildman–Crippen LogP) is 3.67. The van der Waals surface area contributed by atoms with Crippen LogP contribution in [0.3, 0.4) is 0 Å². The van der Waals surface area contributed by atoms with Gasteiger partial charge >= 0.3 is 0 Å². The summed E-state index contributed by atoms with van der Waals surface area (Å²) in [5.74, 6) is 0.369. The summed E-state index contributed by atoms with van der Waals surface area (Å²) < 4.78 is 21.1. The minimum Gasteiger partial charge on any atom is -0.471 e. The fourth-order valence-corrected chi connectivity index (χ4v) is 3.55. The summed E-state index contributed by atoms with van der Waals surface area (Å²) in [7, 11) is 0. The van der Waals surface area contributed by atoms with Gasteiger partial charge in [0.25, 0.3) is 5.91 Å². The van der Waals surface area contributed by atoms with Gasteiger partial charge in [0.2, 0.25) is 0 Å². The average Bonchev–Trinajstić information content (AvgIpc) is 3.24. The van der Waals surface area contributed by atoms with Crippen molar-refractivity contribution in [1.82, 2.24) is 19.6 Å². The van der Waals surface area contributed by atoms with Gasteiger partial charge in [-0.1, -0.05) is 29.8 Å². The van der Waals surface area contributed by atoms with Crippen LogP contribution in [0.2, 0.25) is 5.02 Å². The minimum absolute atomic E-state index is 0.0854. The molecule has 6 nitrogen and oxygen atoms in total. The Morgan fingerprint density at radius 2 is 1.77 bits per heavy atom. The molecule has 3 aromatic rings. The average molecular weight is 429 g/mol. The molecule has 0 aliphatic carbocycles. The largest absolute Gasteiger partial charge is 0.471 e. The van der Waals surface area contributed by atoms with Crippen LogP contribution in [-0.2, 0) is 13.3 Å². The van der Waals surface area contributed by atoms with Crippen LogP contribution in [0.4, 0.5) is 4.39 Å². The monoisotopic (exact) mass is 428 g/mol. The summed E-state index contributed by atoms with van der Waals surface area (Å²) in [6.07, 6.45) is 1.59. The molecule has 2 heterocycles. The molecule has 0 bridgehead atoms. The van der Waals surface area contributed by atoms with Crippen molar-refractivity contribution in [3.8, 4) is 5.75 Å². The fourth-order valence-electron chi connectivity index (χ4n) is 3.42. The van der Waals surface area contributed by atoms with Crippen LogP contribution in [0.5, 0.6) is 5.75 Å². The molecule has 0 radical (unpaired) electrons. The number of ether oxygens (including phenoxy) is 1. The van der Waals surface area contributed by atoms with Crippen molar-refractivity contribution >= 4 is 17.5 Å². The predicted molar refractivity (Wildman–Crippen MR) is 112 cm³/mol. The molecule has 1 saturated heterocycles. The van der Waals surface area contributed by atoms with E-state index in [1.807, 2.05) is 6.07 Å². The maximum atomic E-state index is 13.9. The number of carbonyl (C=O) groups is 1. The zero-order valence-electron chi connectivity index (χ0n) is 16.4. The topological polar surface area (TPSA) is 50.6 Å². The molecule has 0 N–H and O–H groups in total. The van der Waals surface area contributed by atoms with Crippen molar-refractivity contribution < 1.29 is 13.9 Å². The van der Waals surface area contributed by atoms with Gasteiger partial charge in [0, 0.05) is 49.5 Å². The molecule has 1 aliphatic rings. The Labute approximate surface area is 179 Å². The first-order valence-corrected chi connectivity index (χ1v) is 10.1. The van der Waals surface area contributed by atoms with Crippen molar-refractivity contribution in [2.75, 3.05) is 26.2 Å². The van der Waals surface area contributed by atoms with Crippen molar-refractivity contribution in [1.29, 1.82) is 0 Å². The standard InChI is InChI=1S/C22H22ClFN4O2/c23-18-5-7-19(8-6-18)30-16-28-21(9-10-25-28)22(29)27-13-11-26(12-14-27)15-17-3-1-2-4-20(17)24/h1-10H,11-16H2. The molecule has 30 heavy (non-hydrogen) atoms. The summed E-state index contributed by atoms with van der Waals surface area (Å²) in [6.45, 7) is 3.21. The molecule has 4 rings (SSSR count). The van der Waals surface area contributed by atoms with Gasteiger partial charge in [-0.2, -0.15) is 5.10 Å². The highest BCUT2D eigenvalue weighted by molar-refractivity contribution is 6.30. The SMILES string of the molecule is O=C(c1ccnn1COc1ccc(Cl)cc1)N1CCN(Cc2ccccc2F)CC1. The third-order valence-electron chi connectivity index (χ3n) is 5.11. The minimum atomic E-state index is -0.194. The van der Waals surface area contributed by atoms with E-state index in [1.165, 1.54) is 6.07 Å². The van der Waals surface area contributed by atoms with Crippen LogP contribution in [0.1, 0.15) is 16.1 Å². The van der Waals surface area contributed by atoms with Gasteiger partial charge < -0.3 is 9.64 Å². The number of benzene rings is 2. The number of amides is 1. The second-order valence-corrected chi connectivity index (χ2v) is 7.54. The normalized spacial score (nSPS) is 14.7. The molecule has 1 fully saturated rings. The lowest BCUT2D eigenvalue weighted by Gasteiger charge is -2.34. The highest BCUT2D eigenvalue weighted by Crippen LogP contribution is 2.17. The van der Waals surface area contributed by atoms with Gasteiger partial charge in [0.15, 0.2) is 6.73 Å². The Bertz CT molecular complexity index is 1000. The highest BCUT2D eigenvalue weighted by Gasteiger charge is 2.25. The van der Waals surface area contributed by atoms with E-state index in [9.17, 15) is 9.18 Å². The summed E-state index contributed by atoms with van der Waals surface area (Å²) in [5, 5.41) is 4.84. The van der Waals surface area contributed by atoms with Crippen LogP contribution in [0, 0.1) is 5.82 Å². The number of aromatic nitrogens is 2. The van der Waals surface area contributed by atoms with Gasteiger partial charge in [-0.05, 0) is 36.4 Å². The number of piperazine rings is 1. The van der Waals surface area contributed by atoms with Gasteiger partial charge in [0.1, 0.15) is 17.3 Å². The summed E-state index contributed by atoms with van der Waals surface area (Å²) in [5.41, 5.74) is 1.15. The summed E-state index contributed by atoms with van der Waals surface area (Å²) in [6, 6.07) is 15.5. The lowest BCUT2D eigenvalue weighted by atomic mass is 10.2. The van der Waals surface area contributed by atoms with Crippen molar-refractivity contribution in [3.05, 3.63) is 82.9 Å². The van der Waals surface area contributed by atoms with E-state index >= 15 is 0 Å². The summed E-state index contributed by atoms with van der Waals surface area (Å²) >= 11 is 5.88. The van der Waals surface area contributed by atoms with E-state index in [2.05, 4.69) is 10.00 Å². The Morgan fingerprint density at radius 1 is 1.03 bits per heavy atom. The number of rotatable bonds is 6. The zero-order chi connectivity index (χ0) is 20.9. The third-order valence-corrected chi connectivity index (χ3v) is 5.37. The number of hydrogen-bond donors (Lipinski definition) is 0. The summed E-state index contributed by atoms with van der Waals surface area (Å²) in [4.78, 5) is 16.9. The molecule has 0 atom stereocenters.